The summed E-state index contributed by atoms with van der Waals surface area (Å²) in [5.41, 5.74) is 3.55. The molecule has 2 rings (SSSR count). The van der Waals surface area contributed by atoms with Gasteiger partial charge in [-0.2, -0.15) is 5.10 Å². The molecule has 108 valence electrons. The minimum atomic E-state index is -0.488. The Morgan fingerprint density at radius 2 is 1.86 bits per heavy atom. The summed E-state index contributed by atoms with van der Waals surface area (Å²) in [7, 11) is 0. The quantitative estimate of drug-likeness (QED) is 0.592. The molecule has 0 heterocycles. The van der Waals surface area contributed by atoms with E-state index in [4.69, 9.17) is 23.2 Å². The first kappa shape index (κ1) is 15.2. The van der Waals surface area contributed by atoms with Crippen LogP contribution in [0.2, 0.25) is 10.0 Å². The molecular weight excluding hydrogens is 313 g/mol. The summed E-state index contributed by atoms with van der Waals surface area (Å²) in [5.74, 6) is -0.0118. The van der Waals surface area contributed by atoms with Crippen LogP contribution in [0, 0.1) is 0 Å². The van der Waals surface area contributed by atoms with Crippen LogP contribution in [0.4, 0.5) is 10.5 Å². The highest BCUT2D eigenvalue weighted by Gasteiger charge is 2.00. The third-order valence-electron chi connectivity index (χ3n) is 2.45. The van der Waals surface area contributed by atoms with Crippen LogP contribution in [0.3, 0.4) is 0 Å². The number of hydrogen-bond donors (Lipinski definition) is 3. The standard InChI is InChI=1S/C14H11Cl2N3O2/c15-10-2-4-11(5-3-10)18-14(21)19-17-8-9-1-6-13(20)12(16)7-9/h1-8,20H,(H2,18,19,21)/b17-8-. The molecule has 7 heteroatoms. The molecule has 2 aromatic carbocycles. The smallest absolute Gasteiger partial charge is 0.339 e. The molecule has 0 atom stereocenters. The summed E-state index contributed by atoms with van der Waals surface area (Å²) < 4.78 is 0. The first-order valence-electron chi connectivity index (χ1n) is 5.89. The zero-order valence-electron chi connectivity index (χ0n) is 10.7. The van der Waals surface area contributed by atoms with Gasteiger partial charge < -0.3 is 10.4 Å². The van der Waals surface area contributed by atoms with Crippen LogP contribution in [0.1, 0.15) is 5.56 Å². The predicted molar refractivity (Wildman–Crippen MR) is 84.3 cm³/mol. The molecule has 2 amide bonds. The van der Waals surface area contributed by atoms with Gasteiger partial charge in [0.15, 0.2) is 0 Å². The fraction of sp³-hybridized carbons (Fsp3) is 0. The Morgan fingerprint density at radius 3 is 2.52 bits per heavy atom. The lowest BCUT2D eigenvalue weighted by Crippen LogP contribution is -2.24. The number of phenolic OH excluding ortho intramolecular Hbond substituents is 1. The van der Waals surface area contributed by atoms with E-state index in [9.17, 15) is 9.90 Å². The molecule has 3 N–H and O–H groups in total. The van der Waals surface area contributed by atoms with Crippen molar-refractivity contribution in [3.63, 3.8) is 0 Å². The zero-order valence-corrected chi connectivity index (χ0v) is 12.2. The largest absolute Gasteiger partial charge is 0.506 e. The fourth-order valence-corrected chi connectivity index (χ4v) is 1.78. The number of aromatic hydroxyl groups is 1. The Balaban J connectivity index is 1.89. The normalized spacial score (nSPS) is 10.6. The first-order chi connectivity index (χ1) is 10.0. The van der Waals surface area contributed by atoms with Crippen molar-refractivity contribution in [2.24, 2.45) is 5.10 Å². The molecule has 0 bridgehead atoms. The molecule has 0 aliphatic rings. The van der Waals surface area contributed by atoms with Crippen molar-refractivity contribution in [1.29, 1.82) is 0 Å². The molecule has 0 unspecified atom stereocenters. The van der Waals surface area contributed by atoms with Crippen LogP contribution < -0.4 is 10.7 Å². The van der Waals surface area contributed by atoms with E-state index in [0.29, 0.717) is 16.3 Å². The van der Waals surface area contributed by atoms with Gasteiger partial charge in [-0.3, -0.25) is 0 Å². The summed E-state index contributed by atoms with van der Waals surface area (Å²) in [5, 5.41) is 16.4. The molecule has 0 aromatic heterocycles. The number of carbonyl (C=O) groups is 1. The van der Waals surface area contributed by atoms with Gasteiger partial charge in [0.25, 0.3) is 0 Å². The molecule has 5 nitrogen and oxygen atoms in total. The maximum atomic E-state index is 11.6. The average Bonchev–Trinajstić information content (AvgIpc) is 2.45. The van der Waals surface area contributed by atoms with Gasteiger partial charge in [-0.05, 0) is 48.0 Å². The number of anilines is 1. The van der Waals surface area contributed by atoms with Crippen LogP contribution in [-0.2, 0) is 0 Å². The number of halogens is 2. The van der Waals surface area contributed by atoms with E-state index in [-0.39, 0.29) is 10.8 Å². The molecular formula is C14H11Cl2N3O2. The summed E-state index contributed by atoms with van der Waals surface area (Å²) in [6.45, 7) is 0. The molecule has 0 aliphatic carbocycles. The van der Waals surface area contributed by atoms with E-state index in [1.54, 1.807) is 30.3 Å². The van der Waals surface area contributed by atoms with Gasteiger partial charge in [-0.25, -0.2) is 10.2 Å². The van der Waals surface area contributed by atoms with Crippen molar-refractivity contribution in [2.45, 2.75) is 0 Å². The molecule has 0 saturated carbocycles. The Hall–Kier alpha value is -2.24. The number of nitrogens with zero attached hydrogens (tertiary/aromatic N) is 1. The highest BCUT2D eigenvalue weighted by atomic mass is 35.5. The van der Waals surface area contributed by atoms with Gasteiger partial charge >= 0.3 is 6.03 Å². The van der Waals surface area contributed by atoms with Crippen molar-refractivity contribution < 1.29 is 9.90 Å². The maximum Gasteiger partial charge on any atom is 0.339 e. The number of hydrogen-bond acceptors (Lipinski definition) is 3. The average molecular weight is 324 g/mol. The fourth-order valence-electron chi connectivity index (χ4n) is 1.46. The number of amides is 2. The van der Waals surface area contributed by atoms with Gasteiger partial charge in [0.1, 0.15) is 5.75 Å². The van der Waals surface area contributed by atoms with Crippen molar-refractivity contribution in [3.05, 3.63) is 58.1 Å². The Labute approximate surface area is 131 Å². The monoisotopic (exact) mass is 323 g/mol. The van der Waals surface area contributed by atoms with Crippen LogP contribution in [0.15, 0.2) is 47.6 Å². The molecule has 0 fully saturated rings. The second-order valence-corrected chi connectivity index (χ2v) is 4.89. The van der Waals surface area contributed by atoms with Crippen LogP contribution in [0.5, 0.6) is 5.75 Å². The van der Waals surface area contributed by atoms with Gasteiger partial charge in [-0.1, -0.05) is 23.2 Å². The maximum absolute atomic E-state index is 11.6. The Bertz CT molecular complexity index is 672. The molecule has 0 spiro atoms. The number of benzene rings is 2. The molecule has 0 aliphatic heterocycles. The number of phenols is 1. The second kappa shape index (κ2) is 6.97. The second-order valence-electron chi connectivity index (χ2n) is 4.04. The lowest BCUT2D eigenvalue weighted by Gasteiger charge is -2.04. The number of hydrazone groups is 1. The van der Waals surface area contributed by atoms with E-state index in [0.717, 1.165) is 0 Å². The van der Waals surface area contributed by atoms with Crippen molar-refractivity contribution in [3.8, 4) is 5.75 Å². The summed E-state index contributed by atoms with van der Waals surface area (Å²) in [6, 6.07) is 10.8. The third-order valence-corrected chi connectivity index (χ3v) is 3.01. The van der Waals surface area contributed by atoms with Gasteiger partial charge in [-0.15, -0.1) is 0 Å². The van der Waals surface area contributed by atoms with Gasteiger partial charge in [0.2, 0.25) is 0 Å². The predicted octanol–water partition coefficient (Wildman–Crippen LogP) is 3.85. The summed E-state index contributed by atoms with van der Waals surface area (Å²) in [4.78, 5) is 11.6. The Morgan fingerprint density at radius 1 is 1.14 bits per heavy atom. The van der Waals surface area contributed by atoms with E-state index in [1.807, 2.05) is 0 Å². The van der Waals surface area contributed by atoms with Crippen LogP contribution in [0.25, 0.3) is 0 Å². The van der Waals surface area contributed by atoms with E-state index in [2.05, 4.69) is 15.8 Å². The summed E-state index contributed by atoms with van der Waals surface area (Å²) >= 11 is 11.5. The topological polar surface area (TPSA) is 73.7 Å². The van der Waals surface area contributed by atoms with Crippen molar-refractivity contribution in [1.82, 2.24) is 5.43 Å². The minimum absolute atomic E-state index is 0.0118. The van der Waals surface area contributed by atoms with Crippen LogP contribution >= 0.6 is 23.2 Å². The van der Waals surface area contributed by atoms with E-state index < -0.39 is 6.03 Å². The molecule has 0 saturated heterocycles. The number of urea groups is 1. The summed E-state index contributed by atoms with van der Waals surface area (Å²) in [6.07, 6.45) is 1.41. The van der Waals surface area contributed by atoms with E-state index >= 15 is 0 Å². The molecule has 21 heavy (non-hydrogen) atoms. The van der Waals surface area contributed by atoms with Crippen molar-refractivity contribution in [2.75, 3.05) is 5.32 Å². The SMILES string of the molecule is O=C(N/N=C\c1ccc(O)c(Cl)c1)Nc1ccc(Cl)cc1. The van der Waals surface area contributed by atoms with Gasteiger partial charge in [0, 0.05) is 10.7 Å². The third kappa shape index (κ3) is 4.66. The number of carbonyl (C=O) groups excluding carboxylic acids is 1. The van der Waals surface area contributed by atoms with E-state index in [1.165, 1.54) is 18.3 Å². The lowest BCUT2D eigenvalue weighted by molar-refractivity contribution is 0.252. The first-order valence-corrected chi connectivity index (χ1v) is 6.64. The lowest BCUT2D eigenvalue weighted by atomic mass is 10.2. The highest BCUT2D eigenvalue weighted by Crippen LogP contribution is 2.22. The van der Waals surface area contributed by atoms with Crippen molar-refractivity contribution >= 4 is 41.1 Å². The molecule has 0 radical (unpaired) electrons. The number of nitrogens with one attached hydrogen (secondary N) is 2. The number of rotatable bonds is 3. The highest BCUT2D eigenvalue weighted by molar-refractivity contribution is 6.32. The minimum Gasteiger partial charge on any atom is -0.506 e. The molecule has 2 aromatic rings. The van der Waals surface area contributed by atoms with Crippen LogP contribution in [-0.4, -0.2) is 17.4 Å². The Kier molecular flexibility index (Phi) is 5.03. The van der Waals surface area contributed by atoms with Gasteiger partial charge in [0.05, 0.1) is 11.2 Å². The zero-order chi connectivity index (χ0) is 15.2.